The molecular formula is C21H34N4O. The highest BCUT2D eigenvalue weighted by Gasteiger charge is 2.53. The zero-order valence-corrected chi connectivity index (χ0v) is 16.5. The first-order valence-corrected chi connectivity index (χ1v) is 10.7. The van der Waals surface area contributed by atoms with Crippen molar-refractivity contribution in [3.05, 3.63) is 12.2 Å². The lowest BCUT2D eigenvalue weighted by Crippen LogP contribution is -2.38. The highest BCUT2D eigenvalue weighted by Crippen LogP contribution is 2.55. The van der Waals surface area contributed by atoms with Gasteiger partial charge in [0.25, 0.3) is 0 Å². The molecule has 1 aliphatic heterocycles. The Morgan fingerprint density at radius 2 is 2.00 bits per heavy atom. The average Bonchev–Trinajstić information content (AvgIpc) is 3.18. The van der Waals surface area contributed by atoms with Gasteiger partial charge in [-0.3, -0.25) is 4.79 Å². The van der Waals surface area contributed by atoms with Gasteiger partial charge in [-0.1, -0.05) is 39.5 Å². The van der Waals surface area contributed by atoms with Crippen molar-refractivity contribution in [1.29, 1.82) is 0 Å². The van der Waals surface area contributed by atoms with E-state index in [1.165, 1.54) is 51.4 Å². The lowest BCUT2D eigenvalue weighted by atomic mass is 9.62. The van der Waals surface area contributed by atoms with Crippen molar-refractivity contribution in [2.75, 3.05) is 13.1 Å². The van der Waals surface area contributed by atoms with Gasteiger partial charge in [-0.2, -0.15) is 0 Å². The Morgan fingerprint density at radius 3 is 2.65 bits per heavy atom. The number of aromatic nitrogens is 3. The predicted molar refractivity (Wildman–Crippen MR) is 102 cm³/mol. The second kappa shape index (κ2) is 7.32. The Hall–Kier alpha value is -1.39. The molecule has 5 nitrogen and oxygen atoms in total. The molecule has 1 aromatic heterocycles. The molecule has 1 saturated heterocycles. The van der Waals surface area contributed by atoms with E-state index in [-0.39, 0.29) is 5.41 Å². The maximum absolute atomic E-state index is 13.0. The van der Waals surface area contributed by atoms with Crippen LogP contribution in [0, 0.1) is 17.3 Å². The van der Waals surface area contributed by atoms with Crippen LogP contribution in [0.15, 0.2) is 6.33 Å². The number of likely N-dealkylation sites (tertiary alicyclic amines) is 1. The maximum Gasteiger partial charge on any atom is 0.222 e. The fourth-order valence-electron chi connectivity index (χ4n) is 5.49. The summed E-state index contributed by atoms with van der Waals surface area (Å²) in [6.45, 7) is 7.22. The van der Waals surface area contributed by atoms with E-state index in [2.05, 4.69) is 33.5 Å². The highest BCUT2D eigenvalue weighted by atomic mass is 16.2. The van der Waals surface area contributed by atoms with E-state index in [4.69, 9.17) is 0 Å². The van der Waals surface area contributed by atoms with E-state index in [1.807, 2.05) is 6.33 Å². The summed E-state index contributed by atoms with van der Waals surface area (Å²) < 4.78 is 2.24. The molecule has 1 amide bonds. The summed E-state index contributed by atoms with van der Waals surface area (Å²) in [6, 6.07) is 0. The lowest BCUT2D eigenvalue weighted by Gasteiger charge is -2.42. The van der Waals surface area contributed by atoms with Crippen LogP contribution in [0.3, 0.4) is 0 Å². The fraction of sp³-hybridized carbons (Fsp3) is 0.857. The molecule has 4 rings (SSSR count). The number of amides is 1. The summed E-state index contributed by atoms with van der Waals surface area (Å²) in [7, 11) is 0. The van der Waals surface area contributed by atoms with Crippen LogP contribution in [0.2, 0.25) is 0 Å². The summed E-state index contributed by atoms with van der Waals surface area (Å²) in [4.78, 5) is 15.2. The molecule has 1 unspecified atom stereocenters. The van der Waals surface area contributed by atoms with Crippen LogP contribution < -0.4 is 0 Å². The topological polar surface area (TPSA) is 51.0 Å². The van der Waals surface area contributed by atoms with Crippen LogP contribution in [-0.2, 0) is 11.3 Å². The molecule has 2 heterocycles. The molecule has 2 aliphatic carbocycles. The molecule has 0 N–H and O–H groups in total. The molecule has 144 valence electrons. The van der Waals surface area contributed by atoms with E-state index >= 15 is 0 Å². The number of carbonyl (C=O) groups is 1. The molecule has 0 bridgehead atoms. The first-order valence-electron chi connectivity index (χ1n) is 10.7. The van der Waals surface area contributed by atoms with Crippen molar-refractivity contribution in [1.82, 2.24) is 19.7 Å². The van der Waals surface area contributed by atoms with Crippen molar-refractivity contribution in [3.63, 3.8) is 0 Å². The van der Waals surface area contributed by atoms with Gasteiger partial charge in [0.15, 0.2) is 0 Å². The summed E-state index contributed by atoms with van der Waals surface area (Å²) in [5.41, 5.74) is 0.268. The molecule has 2 saturated carbocycles. The first-order chi connectivity index (χ1) is 12.6. The highest BCUT2D eigenvalue weighted by molar-refractivity contribution is 5.77. The molecule has 3 aliphatic rings. The molecule has 0 radical (unpaired) electrons. The van der Waals surface area contributed by atoms with Crippen LogP contribution in [-0.4, -0.2) is 38.7 Å². The van der Waals surface area contributed by atoms with Crippen molar-refractivity contribution in [2.45, 2.75) is 84.1 Å². The second-order valence-corrected chi connectivity index (χ2v) is 9.49. The predicted octanol–water partition coefficient (Wildman–Crippen LogP) is 4.00. The largest absolute Gasteiger partial charge is 0.341 e. The van der Waals surface area contributed by atoms with Gasteiger partial charge in [0, 0.05) is 32.0 Å². The summed E-state index contributed by atoms with van der Waals surface area (Å²) >= 11 is 0. The standard InChI is InChI=1S/C21H34N4O/c1-16(2)12-25-15-22-23-20(25)18-13-24(14-21(18)9-6-10-21)19(26)11-17-7-4-3-5-8-17/h15-18H,3-14H2,1-2H3. The average molecular weight is 359 g/mol. The lowest BCUT2D eigenvalue weighted by molar-refractivity contribution is -0.132. The third kappa shape index (κ3) is 3.41. The van der Waals surface area contributed by atoms with E-state index < -0.39 is 0 Å². The SMILES string of the molecule is CC(C)Cn1cnnc1C1CN(C(=O)CC2CCCCC2)CC12CCC2. The van der Waals surface area contributed by atoms with Crippen LogP contribution in [0.4, 0.5) is 0 Å². The minimum atomic E-state index is 0.268. The third-order valence-corrected chi connectivity index (χ3v) is 7.06. The van der Waals surface area contributed by atoms with Crippen LogP contribution >= 0.6 is 0 Å². The van der Waals surface area contributed by atoms with E-state index in [9.17, 15) is 4.79 Å². The van der Waals surface area contributed by atoms with Gasteiger partial charge in [0.1, 0.15) is 12.2 Å². The Labute approximate surface area is 157 Å². The Balaban J connectivity index is 1.48. The zero-order chi connectivity index (χ0) is 18.1. The van der Waals surface area contributed by atoms with Gasteiger partial charge in [-0.05, 0) is 42.9 Å². The quantitative estimate of drug-likeness (QED) is 0.799. The van der Waals surface area contributed by atoms with Crippen molar-refractivity contribution in [2.24, 2.45) is 17.3 Å². The smallest absolute Gasteiger partial charge is 0.222 e. The number of hydrogen-bond acceptors (Lipinski definition) is 3. The first kappa shape index (κ1) is 18.0. The third-order valence-electron chi connectivity index (χ3n) is 7.06. The van der Waals surface area contributed by atoms with Crippen molar-refractivity contribution < 1.29 is 4.79 Å². The maximum atomic E-state index is 13.0. The Bertz CT molecular complexity index is 628. The molecule has 26 heavy (non-hydrogen) atoms. The molecule has 1 spiro atoms. The molecular weight excluding hydrogens is 324 g/mol. The summed E-state index contributed by atoms with van der Waals surface area (Å²) in [5.74, 6) is 3.07. The van der Waals surface area contributed by atoms with Crippen molar-refractivity contribution >= 4 is 5.91 Å². The van der Waals surface area contributed by atoms with Crippen LogP contribution in [0.5, 0.6) is 0 Å². The summed E-state index contributed by atoms with van der Waals surface area (Å²) in [5, 5.41) is 8.73. The van der Waals surface area contributed by atoms with Gasteiger partial charge in [-0.15, -0.1) is 10.2 Å². The molecule has 0 aromatic carbocycles. The van der Waals surface area contributed by atoms with Gasteiger partial charge >= 0.3 is 0 Å². The summed E-state index contributed by atoms with van der Waals surface area (Å²) in [6.07, 6.45) is 12.9. The fourth-order valence-corrected chi connectivity index (χ4v) is 5.49. The Morgan fingerprint density at radius 1 is 1.23 bits per heavy atom. The monoisotopic (exact) mass is 358 g/mol. The minimum Gasteiger partial charge on any atom is -0.341 e. The van der Waals surface area contributed by atoms with Gasteiger partial charge in [0.2, 0.25) is 5.91 Å². The number of rotatable bonds is 5. The van der Waals surface area contributed by atoms with E-state index in [1.54, 1.807) is 0 Å². The van der Waals surface area contributed by atoms with Gasteiger partial charge in [0.05, 0.1) is 0 Å². The van der Waals surface area contributed by atoms with Gasteiger partial charge in [-0.25, -0.2) is 0 Å². The second-order valence-electron chi connectivity index (χ2n) is 9.49. The molecule has 5 heteroatoms. The normalized spacial score (nSPS) is 25.8. The van der Waals surface area contributed by atoms with Crippen LogP contribution in [0.25, 0.3) is 0 Å². The number of nitrogens with zero attached hydrogens (tertiary/aromatic N) is 4. The zero-order valence-electron chi connectivity index (χ0n) is 16.5. The van der Waals surface area contributed by atoms with Crippen molar-refractivity contribution in [3.8, 4) is 0 Å². The van der Waals surface area contributed by atoms with Gasteiger partial charge < -0.3 is 9.47 Å². The number of carbonyl (C=O) groups excluding carboxylic acids is 1. The van der Waals surface area contributed by atoms with E-state index in [0.29, 0.717) is 23.7 Å². The van der Waals surface area contributed by atoms with Crippen LogP contribution in [0.1, 0.15) is 83.4 Å². The molecule has 1 aromatic rings. The Kier molecular flexibility index (Phi) is 5.07. The minimum absolute atomic E-state index is 0.268. The molecule has 1 atom stereocenters. The number of hydrogen-bond donors (Lipinski definition) is 0. The van der Waals surface area contributed by atoms with E-state index in [0.717, 1.165) is 31.9 Å². The molecule has 3 fully saturated rings.